The van der Waals surface area contributed by atoms with E-state index in [1.54, 1.807) is 23.1 Å². The molecule has 0 atom stereocenters. The van der Waals surface area contributed by atoms with E-state index in [9.17, 15) is 0 Å². The summed E-state index contributed by atoms with van der Waals surface area (Å²) in [5.41, 5.74) is 0. The minimum atomic E-state index is 0.614. The molecule has 0 aliphatic heterocycles. The number of nitrogens with zero attached hydrogens (tertiary/aromatic N) is 4. The monoisotopic (exact) mass is 198 g/mol. The number of fused-ring (bicyclic) bond motifs is 1. The minimum Gasteiger partial charge on any atom is -0.218 e. The highest BCUT2D eigenvalue weighted by atomic mass is 79.9. The van der Waals surface area contributed by atoms with E-state index in [0.29, 0.717) is 10.4 Å². The standard InChI is InChI=1S/C5H3BrN4/c6-4-3-8-5-7-1-2-10(5)9-4/h1-3H. The molecular weight excluding hydrogens is 196 g/mol. The maximum atomic E-state index is 4.04. The molecule has 0 amide bonds. The van der Waals surface area contributed by atoms with Crippen LogP contribution in [-0.2, 0) is 0 Å². The highest BCUT2D eigenvalue weighted by Gasteiger charge is 1.94. The van der Waals surface area contributed by atoms with Gasteiger partial charge in [-0.25, -0.2) is 14.5 Å². The number of halogens is 1. The SMILES string of the molecule is Brc1cnc2nccn2n1. The van der Waals surface area contributed by atoms with Crippen LogP contribution in [0.4, 0.5) is 0 Å². The van der Waals surface area contributed by atoms with Gasteiger partial charge in [0.15, 0.2) is 0 Å². The summed E-state index contributed by atoms with van der Waals surface area (Å²) >= 11 is 3.19. The van der Waals surface area contributed by atoms with Crippen molar-refractivity contribution in [1.29, 1.82) is 0 Å². The van der Waals surface area contributed by atoms with Crippen molar-refractivity contribution in [2.24, 2.45) is 0 Å². The average molecular weight is 199 g/mol. The summed E-state index contributed by atoms with van der Waals surface area (Å²) in [5.74, 6) is 0.614. The lowest BCUT2D eigenvalue weighted by molar-refractivity contribution is 0.883. The number of aromatic nitrogens is 4. The van der Waals surface area contributed by atoms with Gasteiger partial charge in [-0.2, -0.15) is 5.10 Å². The summed E-state index contributed by atoms with van der Waals surface area (Å²) in [5, 5.41) is 4.04. The zero-order chi connectivity index (χ0) is 6.97. The molecular formula is C5H3BrN4. The van der Waals surface area contributed by atoms with Gasteiger partial charge >= 0.3 is 0 Å². The fraction of sp³-hybridized carbons (Fsp3) is 0. The van der Waals surface area contributed by atoms with Crippen LogP contribution in [0.25, 0.3) is 5.78 Å². The van der Waals surface area contributed by atoms with Crippen molar-refractivity contribution in [2.45, 2.75) is 0 Å². The highest BCUT2D eigenvalue weighted by Crippen LogP contribution is 2.02. The number of hydrogen-bond acceptors (Lipinski definition) is 3. The van der Waals surface area contributed by atoms with Crippen molar-refractivity contribution in [2.75, 3.05) is 0 Å². The summed E-state index contributed by atoms with van der Waals surface area (Å²) in [7, 11) is 0. The minimum absolute atomic E-state index is 0.614. The Morgan fingerprint density at radius 3 is 3.20 bits per heavy atom. The van der Waals surface area contributed by atoms with Crippen LogP contribution < -0.4 is 0 Å². The highest BCUT2D eigenvalue weighted by molar-refractivity contribution is 9.10. The van der Waals surface area contributed by atoms with Gasteiger partial charge in [0.05, 0.1) is 12.4 Å². The third-order valence-corrected chi connectivity index (χ3v) is 1.46. The molecule has 2 aromatic rings. The summed E-state index contributed by atoms with van der Waals surface area (Å²) in [4.78, 5) is 7.91. The first-order chi connectivity index (χ1) is 4.86. The van der Waals surface area contributed by atoms with E-state index < -0.39 is 0 Å². The Balaban J connectivity index is 2.86. The Hall–Kier alpha value is -0.970. The predicted octanol–water partition coefficient (Wildman–Crippen LogP) is 0.887. The first kappa shape index (κ1) is 5.79. The fourth-order valence-electron chi connectivity index (χ4n) is 0.699. The van der Waals surface area contributed by atoms with Gasteiger partial charge in [-0.3, -0.25) is 0 Å². The van der Waals surface area contributed by atoms with Crippen molar-refractivity contribution in [3.05, 3.63) is 23.2 Å². The van der Waals surface area contributed by atoms with Crippen LogP contribution >= 0.6 is 15.9 Å². The van der Waals surface area contributed by atoms with E-state index in [0.717, 1.165) is 0 Å². The molecule has 2 heterocycles. The lowest BCUT2D eigenvalue weighted by Gasteiger charge is -1.89. The molecule has 0 unspecified atom stereocenters. The number of hydrogen-bond donors (Lipinski definition) is 0. The molecule has 0 aliphatic rings. The van der Waals surface area contributed by atoms with E-state index >= 15 is 0 Å². The van der Waals surface area contributed by atoms with Crippen LogP contribution in [0.3, 0.4) is 0 Å². The third-order valence-electron chi connectivity index (χ3n) is 1.09. The molecule has 5 heteroatoms. The summed E-state index contributed by atoms with van der Waals surface area (Å²) in [6.07, 6.45) is 5.01. The van der Waals surface area contributed by atoms with Gasteiger partial charge in [0.1, 0.15) is 4.60 Å². The first-order valence-electron chi connectivity index (χ1n) is 2.68. The molecule has 50 valence electrons. The molecule has 0 saturated carbocycles. The van der Waals surface area contributed by atoms with Crippen molar-refractivity contribution in [3.63, 3.8) is 0 Å². The van der Waals surface area contributed by atoms with Crippen molar-refractivity contribution in [1.82, 2.24) is 19.6 Å². The molecule has 0 aromatic carbocycles. The summed E-state index contributed by atoms with van der Waals surface area (Å²) in [6.45, 7) is 0. The maximum absolute atomic E-state index is 4.04. The molecule has 0 spiro atoms. The lowest BCUT2D eigenvalue weighted by atomic mass is 10.9. The second-order valence-corrected chi connectivity index (χ2v) is 2.57. The predicted molar refractivity (Wildman–Crippen MR) is 38.5 cm³/mol. The van der Waals surface area contributed by atoms with E-state index in [2.05, 4.69) is 31.0 Å². The average Bonchev–Trinajstić information content (AvgIpc) is 2.33. The molecule has 2 aromatic heterocycles. The van der Waals surface area contributed by atoms with Gasteiger partial charge in [0.25, 0.3) is 5.78 Å². The van der Waals surface area contributed by atoms with Gasteiger partial charge in [-0.1, -0.05) is 0 Å². The van der Waals surface area contributed by atoms with E-state index in [4.69, 9.17) is 0 Å². The van der Waals surface area contributed by atoms with Crippen LogP contribution in [-0.4, -0.2) is 19.6 Å². The molecule has 0 fully saturated rings. The third kappa shape index (κ3) is 0.786. The topological polar surface area (TPSA) is 43.1 Å². The van der Waals surface area contributed by atoms with Gasteiger partial charge in [-0.15, -0.1) is 0 Å². The zero-order valence-corrected chi connectivity index (χ0v) is 6.48. The second kappa shape index (κ2) is 2.02. The number of imidazole rings is 1. The van der Waals surface area contributed by atoms with Crippen LogP contribution in [0.2, 0.25) is 0 Å². The Kier molecular flexibility index (Phi) is 1.17. The normalized spacial score (nSPS) is 10.5. The smallest absolute Gasteiger partial charge is 0.218 e. The van der Waals surface area contributed by atoms with Gasteiger partial charge in [0.2, 0.25) is 0 Å². The Morgan fingerprint density at radius 2 is 2.30 bits per heavy atom. The van der Waals surface area contributed by atoms with Crippen LogP contribution in [0.15, 0.2) is 23.2 Å². The molecule has 0 bridgehead atoms. The fourth-order valence-corrected chi connectivity index (χ4v) is 0.972. The molecule has 0 aliphatic carbocycles. The molecule has 0 radical (unpaired) electrons. The van der Waals surface area contributed by atoms with Crippen LogP contribution in [0, 0.1) is 0 Å². The first-order valence-corrected chi connectivity index (χ1v) is 3.47. The van der Waals surface area contributed by atoms with Crippen molar-refractivity contribution < 1.29 is 0 Å². The summed E-state index contributed by atoms with van der Waals surface area (Å²) < 4.78 is 2.31. The van der Waals surface area contributed by atoms with Crippen LogP contribution in [0.1, 0.15) is 0 Å². The van der Waals surface area contributed by atoms with Gasteiger partial charge in [0, 0.05) is 6.20 Å². The van der Waals surface area contributed by atoms with Crippen LogP contribution in [0.5, 0.6) is 0 Å². The van der Waals surface area contributed by atoms with Gasteiger partial charge < -0.3 is 0 Å². The molecule has 10 heavy (non-hydrogen) atoms. The molecule has 0 saturated heterocycles. The number of rotatable bonds is 0. The Bertz CT molecular complexity index is 355. The molecule has 4 nitrogen and oxygen atoms in total. The Morgan fingerprint density at radius 1 is 1.40 bits per heavy atom. The van der Waals surface area contributed by atoms with E-state index in [1.165, 1.54) is 0 Å². The van der Waals surface area contributed by atoms with E-state index in [-0.39, 0.29) is 0 Å². The lowest BCUT2D eigenvalue weighted by Crippen LogP contribution is -1.92. The molecule has 0 N–H and O–H groups in total. The van der Waals surface area contributed by atoms with Crippen molar-refractivity contribution >= 4 is 21.7 Å². The van der Waals surface area contributed by atoms with E-state index in [1.807, 2.05) is 0 Å². The largest absolute Gasteiger partial charge is 0.250 e. The van der Waals surface area contributed by atoms with Crippen molar-refractivity contribution in [3.8, 4) is 0 Å². The molecule has 2 rings (SSSR count). The van der Waals surface area contributed by atoms with Gasteiger partial charge in [-0.05, 0) is 15.9 Å². The zero-order valence-electron chi connectivity index (χ0n) is 4.90. The Labute approximate surface area is 65.0 Å². The second-order valence-electron chi connectivity index (χ2n) is 1.75. The summed E-state index contributed by atoms with van der Waals surface area (Å²) in [6, 6.07) is 0. The quantitative estimate of drug-likeness (QED) is 0.632. The maximum Gasteiger partial charge on any atom is 0.250 e.